The van der Waals surface area contributed by atoms with Gasteiger partial charge in [0.25, 0.3) is 0 Å². The fourth-order valence-corrected chi connectivity index (χ4v) is 2.35. The molecule has 0 aliphatic carbocycles. The molecule has 0 aliphatic rings. The first kappa shape index (κ1) is 22.8. The van der Waals surface area contributed by atoms with Gasteiger partial charge in [0.2, 0.25) is 6.79 Å². The molecule has 3 rings (SSSR count). The van der Waals surface area contributed by atoms with Crippen LogP contribution in [0.3, 0.4) is 0 Å². The Morgan fingerprint density at radius 1 is 0.581 bits per heavy atom. The predicted molar refractivity (Wildman–Crippen MR) is 108 cm³/mol. The minimum atomic E-state index is -1.11. The maximum absolute atomic E-state index is 11.0. The number of aromatic hydroxyl groups is 1. The van der Waals surface area contributed by atoms with Gasteiger partial charge in [-0.2, -0.15) is 0 Å². The second-order valence-electron chi connectivity index (χ2n) is 5.83. The highest BCUT2D eigenvalue weighted by atomic mass is 16.7. The van der Waals surface area contributed by atoms with E-state index in [1.807, 2.05) is 0 Å². The second kappa shape index (κ2) is 10.9. The summed E-state index contributed by atoms with van der Waals surface area (Å²) in [4.78, 5) is 32.3. The van der Waals surface area contributed by atoms with Crippen molar-refractivity contribution in [1.29, 1.82) is 0 Å². The van der Waals surface area contributed by atoms with Gasteiger partial charge in [-0.15, -0.1) is 0 Å². The van der Waals surface area contributed by atoms with Crippen LogP contribution >= 0.6 is 0 Å². The van der Waals surface area contributed by atoms with E-state index in [-0.39, 0.29) is 40.7 Å². The monoisotopic (exact) mass is 426 g/mol. The van der Waals surface area contributed by atoms with Gasteiger partial charge < -0.3 is 29.9 Å². The van der Waals surface area contributed by atoms with E-state index in [4.69, 9.17) is 29.9 Å². The molecule has 3 aromatic carbocycles. The van der Waals surface area contributed by atoms with E-state index in [9.17, 15) is 14.4 Å². The van der Waals surface area contributed by atoms with Crippen LogP contribution in [-0.4, -0.2) is 45.1 Å². The number of rotatable bonds is 7. The van der Waals surface area contributed by atoms with Gasteiger partial charge in [0, 0.05) is 0 Å². The Bertz CT molecular complexity index is 1020. The molecule has 31 heavy (non-hydrogen) atoms. The van der Waals surface area contributed by atoms with E-state index in [1.54, 1.807) is 36.4 Å². The summed E-state index contributed by atoms with van der Waals surface area (Å²) >= 11 is 0. The van der Waals surface area contributed by atoms with Gasteiger partial charge in [-0.05, 0) is 36.4 Å². The van der Waals surface area contributed by atoms with Crippen LogP contribution in [0.1, 0.15) is 31.1 Å². The fraction of sp³-hybridized carbons (Fsp3) is 0.0455. The molecule has 0 radical (unpaired) electrons. The van der Waals surface area contributed by atoms with Crippen LogP contribution in [0.4, 0.5) is 0 Å². The first-order valence-corrected chi connectivity index (χ1v) is 8.72. The molecular formula is C22H18O9. The van der Waals surface area contributed by atoms with E-state index in [1.165, 1.54) is 36.4 Å². The SMILES string of the molecule is O=C(O)c1ccccc1O.O=C(O)c1ccccc1OCOc1ccccc1C(=O)O. The molecule has 3 aromatic rings. The van der Waals surface area contributed by atoms with Gasteiger partial charge in [0.15, 0.2) is 0 Å². The number of carboxylic acids is 3. The van der Waals surface area contributed by atoms with Crippen molar-refractivity contribution >= 4 is 17.9 Å². The number of phenols is 1. The molecule has 0 bridgehead atoms. The topological polar surface area (TPSA) is 151 Å². The number of para-hydroxylation sites is 3. The lowest BCUT2D eigenvalue weighted by Crippen LogP contribution is -2.11. The lowest BCUT2D eigenvalue weighted by atomic mass is 10.2. The molecule has 0 aliphatic heterocycles. The molecule has 0 fully saturated rings. The molecule has 0 saturated heterocycles. The van der Waals surface area contributed by atoms with E-state index in [0.29, 0.717) is 0 Å². The minimum absolute atomic E-state index is 0.00706. The third-order valence-corrected chi connectivity index (χ3v) is 3.80. The van der Waals surface area contributed by atoms with Crippen LogP contribution in [0.5, 0.6) is 17.2 Å². The van der Waals surface area contributed by atoms with Crippen molar-refractivity contribution in [3.8, 4) is 17.2 Å². The van der Waals surface area contributed by atoms with Crippen LogP contribution in [0.2, 0.25) is 0 Å². The summed E-state index contributed by atoms with van der Waals surface area (Å²) in [6.45, 7) is -0.297. The Balaban J connectivity index is 0.000000285. The number of ether oxygens (including phenoxy) is 2. The van der Waals surface area contributed by atoms with Crippen LogP contribution in [0.25, 0.3) is 0 Å². The lowest BCUT2D eigenvalue weighted by Gasteiger charge is -2.11. The molecule has 0 unspecified atom stereocenters. The highest BCUT2D eigenvalue weighted by Crippen LogP contribution is 2.20. The highest BCUT2D eigenvalue weighted by Gasteiger charge is 2.12. The van der Waals surface area contributed by atoms with E-state index >= 15 is 0 Å². The van der Waals surface area contributed by atoms with Gasteiger partial charge in [-0.25, -0.2) is 14.4 Å². The number of hydrogen-bond donors (Lipinski definition) is 4. The van der Waals surface area contributed by atoms with Crippen molar-refractivity contribution in [2.45, 2.75) is 0 Å². The summed E-state index contributed by atoms with van der Waals surface area (Å²) in [6.07, 6.45) is 0. The fourth-order valence-electron chi connectivity index (χ4n) is 2.35. The Kier molecular flexibility index (Phi) is 7.97. The summed E-state index contributed by atoms with van der Waals surface area (Å²) < 4.78 is 10.5. The second-order valence-corrected chi connectivity index (χ2v) is 5.83. The normalized spacial score (nSPS) is 9.68. The average molecular weight is 426 g/mol. The molecule has 0 aromatic heterocycles. The lowest BCUT2D eigenvalue weighted by molar-refractivity contribution is 0.0669. The Hall–Kier alpha value is -4.53. The smallest absolute Gasteiger partial charge is 0.339 e. The van der Waals surface area contributed by atoms with Gasteiger partial charge in [-0.1, -0.05) is 36.4 Å². The molecule has 160 valence electrons. The largest absolute Gasteiger partial charge is 0.507 e. The molecule has 4 N–H and O–H groups in total. The van der Waals surface area contributed by atoms with Crippen molar-refractivity contribution in [3.63, 3.8) is 0 Å². The summed E-state index contributed by atoms with van der Waals surface area (Å²) in [5.74, 6) is -3.24. The van der Waals surface area contributed by atoms with Gasteiger partial charge >= 0.3 is 17.9 Å². The minimum Gasteiger partial charge on any atom is -0.507 e. The summed E-state index contributed by atoms with van der Waals surface area (Å²) in [7, 11) is 0. The number of hydrogen-bond acceptors (Lipinski definition) is 6. The van der Waals surface area contributed by atoms with Crippen molar-refractivity contribution in [2.24, 2.45) is 0 Å². The maximum atomic E-state index is 11.0. The zero-order valence-corrected chi connectivity index (χ0v) is 16.0. The number of benzene rings is 3. The molecule has 9 heteroatoms. The molecule has 0 spiro atoms. The van der Waals surface area contributed by atoms with Gasteiger partial charge in [0.05, 0.1) is 0 Å². The zero-order chi connectivity index (χ0) is 22.8. The Morgan fingerprint density at radius 2 is 0.935 bits per heavy atom. The third-order valence-electron chi connectivity index (χ3n) is 3.80. The van der Waals surface area contributed by atoms with Crippen LogP contribution in [0.15, 0.2) is 72.8 Å². The van der Waals surface area contributed by atoms with Crippen molar-refractivity contribution in [1.82, 2.24) is 0 Å². The Morgan fingerprint density at radius 3 is 1.29 bits per heavy atom. The molecule has 9 nitrogen and oxygen atoms in total. The quantitative estimate of drug-likeness (QED) is 0.415. The number of carbonyl (C=O) groups is 3. The van der Waals surface area contributed by atoms with Crippen LogP contribution < -0.4 is 9.47 Å². The third kappa shape index (κ3) is 6.50. The summed E-state index contributed by atoms with van der Waals surface area (Å²) in [6, 6.07) is 18.0. The number of aromatic carboxylic acids is 3. The first-order chi connectivity index (χ1) is 14.8. The van der Waals surface area contributed by atoms with Crippen molar-refractivity contribution in [3.05, 3.63) is 89.5 Å². The standard InChI is InChI=1S/C15H12O6.C7H6O3/c16-14(17)10-5-1-3-7-12(10)20-9-21-13-8-4-2-6-11(13)15(18)19;8-6-4-2-1-3-5(6)7(9)10/h1-8H,9H2,(H,16,17)(H,18,19);1-4,8H,(H,9,10). The van der Waals surface area contributed by atoms with E-state index < -0.39 is 17.9 Å². The van der Waals surface area contributed by atoms with Crippen LogP contribution in [-0.2, 0) is 0 Å². The van der Waals surface area contributed by atoms with E-state index in [0.717, 1.165) is 0 Å². The molecular weight excluding hydrogens is 408 g/mol. The maximum Gasteiger partial charge on any atom is 0.339 e. The average Bonchev–Trinajstić information content (AvgIpc) is 2.75. The Labute approximate surface area is 176 Å². The van der Waals surface area contributed by atoms with Crippen molar-refractivity contribution in [2.75, 3.05) is 6.79 Å². The summed E-state index contributed by atoms with van der Waals surface area (Å²) in [5, 5.41) is 35.3. The molecule has 0 atom stereocenters. The van der Waals surface area contributed by atoms with Gasteiger partial charge in [0.1, 0.15) is 33.9 Å². The van der Waals surface area contributed by atoms with Crippen LogP contribution in [0, 0.1) is 0 Å². The molecule has 0 amide bonds. The predicted octanol–water partition coefficient (Wildman–Crippen LogP) is 3.59. The molecule has 0 saturated carbocycles. The van der Waals surface area contributed by atoms with E-state index in [2.05, 4.69) is 0 Å². The zero-order valence-electron chi connectivity index (χ0n) is 16.0. The number of carboxylic acid groups (broad SMARTS) is 3. The first-order valence-electron chi connectivity index (χ1n) is 8.72. The summed E-state index contributed by atoms with van der Waals surface area (Å²) in [5.41, 5.74) is -0.0530. The van der Waals surface area contributed by atoms with Crippen molar-refractivity contribution < 1.29 is 44.3 Å². The molecule has 0 heterocycles. The van der Waals surface area contributed by atoms with Gasteiger partial charge in [-0.3, -0.25) is 0 Å². The highest BCUT2D eigenvalue weighted by molar-refractivity contribution is 5.91.